The van der Waals surface area contributed by atoms with E-state index >= 15 is 0 Å². The zero-order valence-corrected chi connectivity index (χ0v) is 11.5. The van der Waals surface area contributed by atoms with Crippen molar-refractivity contribution in [2.24, 2.45) is 0 Å². The maximum Gasteiger partial charge on any atom is 0.274 e. The van der Waals surface area contributed by atoms with Crippen molar-refractivity contribution in [3.8, 4) is 5.88 Å². The van der Waals surface area contributed by atoms with E-state index in [9.17, 15) is 4.79 Å². The zero-order valence-electron chi connectivity index (χ0n) is 10.7. The number of amides is 1. The smallest absolute Gasteiger partial charge is 0.274 e. The highest BCUT2D eigenvalue weighted by Gasteiger charge is 2.08. The van der Waals surface area contributed by atoms with Gasteiger partial charge in [-0.05, 0) is 30.5 Å². The minimum Gasteiger partial charge on any atom is -0.481 e. The van der Waals surface area contributed by atoms with Crippen LogP contribution in [0.4, 0.5) is 5.69 Å². The SMILES string of the molecule is COc1cccc(C(=O)Nc2cccc(SC)c2)n1. The molecule has 0 radical (unpaired) electrons. The van der Waals surface area contributed by atoms with Crippen molar-refractivity contribution < 1.29 is 9.53 Å². The number of thioether (sulfide) groups is 1. The van der Waals surface area contributed by atoms with Crippen molar-refractivity contribution in [3.63, 3.8) is 0 Å². The lowest BCUT2D eigenvalue weighted by molar-refractivity contribution is 0.102. The van der Waals surface area contributed by atoms with Crippen LogP contribution >= 0.6 is 11.8 Å². The van der Waals surface area contributed by atoms with Gasteiger partial charge < -0.3 is 10.1 Å². The number of pyridine rings is 1. The lowest BCUT2D eigenvalue weighted by atomic mass is 10.3. The quantitative estimate of drug-likeness (QED) is 0.871. The average molecular weight is 274 g/mol. The fourth-order valence-electron chi connectivity index (χ4n) is 1.55. The number of hydrogen-bond acceptors (Lipinski definition) is 4. The summed E-state index contributed by atoms with van der Waals surface area (Å²) < 4.78 is 5.00. The molecule has 1 N–H and O–H groups in total. The molecule has 5 heteroatoms. The molecule has 0 aliphatic carbocycles. The summed E-state index contributed by atoms with van der Waals surface area (Å²) in [5.41, 5.74) is 1.08. The van der Waals surface area contributed by atoms with Crippen LogP contribution in [0.3, 0.4) is 0 Å². The van der Waals surface area contributed by atoms with Crippen LogP contribution in [0.5, 0.6) is 5.88 Å². The molecule has 0 saturated heterocycles. The third-order valence-electron chi connectivity index (χ3n) is 2.49. The molecule has 0 aliphatic heterocycles. The molecule has 1 aromatic heterocycles. The molecule has 98 valence electrons. The Morgan fingerprint density at radius 1 is 1.26 bits per heavy atom. The van der Waals surface area contributed by atoms with E-state index in [1.165, 1.54) is 7.11 Å². The molecule has 0 saturated carbocycles. The van der Waals surface area contributed by atoms with E-state index in [1.54, 1.807) is 30.0 Å². The van der Waals surface area contributed by atoms with Crippen LogP contribution in [0.1, 0.15) is 10.5 Å². The van der Waals surface area contributed by atoms with Gasteiger partial charge >= 0.3 is 0 Å². The van der Waals surface area contributed by atoms with Crippen molar-refractivity contribution in [1.29, 1.82) is 0 Å². The lowest BCUT2D eigenvalue weighted by Crippen LogP contribution is -2.13. The predicted octanol–water partition coefficient (Wildman–Crippen LogP) is 3.06. The summed E-state index contributed by atoms with van der Waals surface area (Å²) in [6.45, 7) is 0. The van der Waals surface area contributed by atoms with Crippen molar-refractivity contribution in [2.75, 3.05) is 18.7 Å². The van der Waals surface area contributed by atoms with E-state index in [2.05, 4.69) is 10.3 Å². The van der Waals surface area contributed by atoms with Crippen LogP contribution in [-0.2, 0) is 0 Å². The third kappa shape index (κ3) is 3.48. The van der Waals surface area contributed by atoms with E-state index in [4.69, 9.17) is 4.74 Å². The van der Waals surface area contributed by atoms with Crippen LogP contribution in [0.25, 0.3) is 0 Å². The number of methoxy groups -OCH3 is 1. The number of ether oxygens (including phenoxy) is 1. The molecule has 2 aromatic rings. The van der Waals surface area contributed by atoms with Gasteiger partial charge in [0.1, 0.15) is 5.69 Å². The summed E-state index contributed by atoms with van der Waals surface area (Å²) in [6, 6.07) is 12.7. The number of carbonyl (C=O) groups is 1. The molecule has 19 heavy (non-hydrogen) atoms. The average Bonchev–Trinajstić information content (AvgIpc) is 2.47. The van der Waals surface area contributed by atoms with Crippen molar-refractivity contribution in [3.05, 3.63) is 48.2 Å². The maximum absolute atomic E-state index is 12.0. The molecule has 0 unspecified atom stereocenters. The van der Waals surface area contributed by atoms with E-state index in [0.717, 1.165) is 10.6 Å². The van der Waals surface area contributed by atoms with Gasteiger partial charge in [0.25, 0.3) is 5.91 Å². The Morgan fingerprint density at radius 3 is 2.79 bits per heavy atom. The van der Waals surface area contributed by atoms with Gasteiger partial charge in [0.15, 0.2) is 0 Å². The number of carbonyl (C=O) groups excluding carboxylic acids is 1. The first-order chi connectivity index (χ1) is 9.22. The molecule has 4 nitrogen and oxygen atoms in total. The number of hydrogen-bond donors (Lipinski definition) is 1. The van der Waals surface area contributed by atoms with Crippen molar-refractivity contribution >= 4 is 23.4 Å². The maximum atomic E-state index is 12.0. The highest BCUT2D eigenvalue weighted by atomic mass is 32.2. The summed E-state index contributed by atoms with van der Waals surface area (Å²) in [7, 11) is 1.52. The molecule has 0 aliphatic rings. The fraction of sp³-hybridized carbons (Fsp3) is 0.143. The van der Waals surface area contributed by atoms with Gasteiger partial charge in [-0.25, -0.2) is 4.98 Å². The van der Waals surface area contributed by atoms with E-state index in [-0.39, 0.29) is 5.91 Å². The number of rotatable bonds is 4. The number of aromatic nitrogens is 1. The van der Waals surface area contributed by atoms with Crippen LogP contribution < -0.4 is 10.1 Å². The van der Waals surface area contributed by atoms with Gasteiger partial charge in [0.2, 0.25) is 5.88 Å². The molecule has 0 atom stereocenters. The van der Waals surface area contributed by atoms with Gasteiger partial charge in [0.05, 0.1) is 7.11 Å². The number of benzene rings is 1. The lowest BCUT2D eigenvalue weighted by Gasteiger charge is -2.06. The summed E-state index contributed by atoms with van der Waals surface area (Å²) in [5, 5.41) is 2.81. The van der Waals surface area contributed by atoms with Gasteiger partial charge in [-0.2, -0.15) is 0 Å². The minimum absolute atomic E-state index is 0.253. The van der Waals surface area contributed by atoms with E-state index in [1.807, 2.05) is 30.5 Å². The standard InChI is InChI=1S/C14H14N2O2S/c1-18-13-8-4-7-12(16-13)14(17)15-10-5-3-6-11(9-10)19-2/h3-9H,1-2H3,(H,15,17). The second-order valence-electron chi connectivity index (χ2n) is 3.75. The molecule has 1 aromatic carbocycles. The van der Waals surface area contributed by atoms with Crippen molar-refractivity contribution in [2.45, 2.75) is 4.90 Å². The van der Waals surface area contributed by atoms with Gasteiger partial charge in [-0.1, -0.05) is 12.1 Å². The second-order valence-corrected chi connectivity index (χ2v) is 4.63. The molecular weight excluding hydrogens is 260 g/mol. The second kappa shape index (κ2) is 6.24. The van der Waals surface area contributed by atoms with Gasteiger partial charge in [0, 0.05) is 16.6 Å². The first-order valence-electron chi connectivity index (χ1n) is 5.69. The highest BCUT2D eigenvalue weighted by molar-refractivity contribution is 7.98. The van der Waals surface area contributed by atoms with Crippen LogP contribution in [0, 0.1) is 0 Å². The Balaban J connectivity index is 2.15. The van der Waals surface area contributed by atoms with E-state index in [0.29, 0.717) is 11.6 Å². The first kappa shape index (κ1) is 13.4. The Kier molecular flexibility index (Phi) is 4.41. The Bertz CT molecular complexity index is 587. The predicted molar refractivity (Wildman–Crippen MR) is 77.0 cm³/mol. The van der Waals surface area contributed by atoms with Gasteiger partial charge in [-0.15, -0.1) is 11.8 Å². The van der Waals surface area contributed by atoms with E-state index < -0.39 is 0 Å². The monoisotopic (exact) mass is 274 g/mol. The molecule has 0 spiro atoms. The molecule has 2 rings (SSSR count). The summed E-state index contributed by atoms with van der Waals surface area (Å²) >= 11 is 1.63. The Hall–Kier alpha value is -2.01. The number of nitrogens with zero attached hydrogens (tertiary/aromatic N) is 1. The minimum atomic E-state index is -0.253. The van der Waals surface area contributed by atoms with Crippen LogP contribution in [0.2, 0.25) is 0 Å². The fourth-order valence-corrected chi connectivity index (χ4v) is 2.01. The summed E-state index contributed by atoms with van der Waals surface area (Å²) in [5.74, 6) is 0.169. The Morgan fingerprint density at radius 2 is 2.05 bits per heavy atom. The highest BCUT2D eigenvalue weighted by Crippen LogP contribution is 2.19. The number of nitrogens with one attached hydrogen (secondary N) is 1. The van der Waals surface area contributed by atoms with Crippen LogP contribution in [0.15, 0.2) is 47.4 Å². The Labute approximate surface area is 116 Å². The third-order valence-corrected chi connectivity index (χ3v) is 3.22. The molecular formula is C14H14N2O2S. The van der Waals surface area contributed by atoms with Crippen molar-refractivity contribution in [1.82, 2.24) is 4.98 Å². The topological polar surface area (TPSA) is 51.2 Å². The normalized spacial score (nSPS) is 10.0. The molecule has 0 fully saturated rings. The first-order valence-corrected chi connectivity index (χ1v) is 6.92. The van der Waals surface area contributed by atoms with Crippen LogP contribution in [-0.4, -0.2) is 24.3 Å². The molecule has 1 heterocycles. The van der Waals surface area contributed by atoms with Gasteiger partial charge in [-0.3, -0.25) is 4.79 Å². The largest absolute Gasteiger partial charge is 0.481 e. The zero-order chi connectivity index (χ0) is 13.7. The molecule has 1 amide bonds. The number of anilines is 1. The molecule has 0 bridgehead atoms. The summed E-state index contributed by atoms with van der Waals surface area (Å²) in [4.78, 5) is 17.2. The summed E-state index contributed by atoms with van der Waals surface area (Å²) in [6.07, 6.45) is 1.99.